The van der Waals surface area contributed by atoms with Gasteiger partial charge >= 0.3 is 0 Å². The average Bonchev–Trinajstić information content (AvgIpc) is 3.37. The summed E-state index contributed by atoms with van der Waals surface area (Å²) in [7, 11) is 0. The number of aromatic amines is 1. The molecule has 1 saturated heterocycles. The molecule has 5 nitrogen and oxygen atoms in total. The minimum Gasteiger partial charge on any atom is -0.284 e. The van der Waals surface area contributed by atoms with E-state index in [1.807, 2.05) is 46.4 Å². The molecule has 2 aromatic heterocycles. The number of hydrogen-bond acceptors (Lipinski definition) is 5. The second kappa shape index (κ2) is 8.63. The summed E-state index contributed by atoms with van der Waals surface area (Å²) in [5.41, 5.74) is 2.27. The molecule has 7 heteroatoms. The maximum atomic E-state index is 5.46. The molecular weight excluding hydrogens is 410 g/mol. The van der Waals surface area contributed by atoms with Crippen LogP contribution in [0.15, 0.2) is 54.6 Å². The van der Waals surface area contributed by atoms with E-state index in [1.54, 1.807) is 0 Å². The van der Waals surface area contributed by atoms with E-state index in [9.17, 15) is 0 Å². The van der Waals surface area contributed by atoms with Crippen LogP contribution in [0, 0.1) is 4.77 Å². The van der Waals surface area contributed by atoms with Crippen LogP contribution in [0.1, 0.15) is 35.2 Å². The highest BCUT2D eigenvalue weighted by molar-refractivity contribution is 7.71. The predicted molar refractivity (Wildman–Crippen MR) is 126 cm³/mol. The molecule has 0 radical (unpaired) electrons. The average molecular weight is 434 g/mol. The van der Waals surface area contributed by atoms with Gasteiger partial charge in [-0.1, -0.05) is 48.5 Å². The number of benzene rings is 2. The molecule has 5 rings (SSSR count). The van der Waals surface area contributed by atoms with E-state index in [0.29, 0.717) is 10.7 Å². The Morgan fingerprint density at radius 2 is 1.77 bits per heavy atom. The van der Waals surface area contributed by atoms with Crippen molar-refractivity contribution < 1.29 is 0 Å². The van der Waals surface area contributed by atoms with Crippen LogP contribution < -0.4 is 0 Å². The Hall–Kier alpha value is -2.61. The lowest BCUT2D eigenvalue weighted by Gasteiger charge is -2.30. The Labute approximate surface area is 184 Å². The number of nitrogens with one attached hydrogen (secondary N) is 1. The zero-order valence-corrected chi connectivity index (χ0v) is 18.2. The predicted octanol–water partition coefficient (Wildman–Crippen LogP) is 5.56. The molecule has 1 aliphatic rings. The summed E-state index contributed by atoms with van der Waals surface area (Å²) >= 11 is 7.30. The van der Waals surface area contributed by atoms with Crippen molar-refractivity contribution in [2.24, 2.45) is 0 Å². The molecule has 3 heterocycles. The SMILES string of the molecule is S=c1nc(C=Cc2ccccc2)[nH]n1CN1CCC(c2nc3ccccc3s2)CC1. The van der Waals surface area contributed by atoms with Crippen LogP contribution in [0.2, 0.25) is 0 Å². The van der Waals surface area contributed by atoms with E-state index in [0.717, 1.165) is 49.5 Å². The molecule has 4 aromatic rings. The first-order chi connectivity index (χ1) is 14.7. The van der Waals surface area contributed by atoms with Gasteiger partial charge in [-0.3, -0.25) is 10.00 Å². The van der Waals surface area contributed by atoms with Crippen molar-refractivity contribution in [3.05, 3.63) is 75.8 Å². The van der Waals surface area contributed by atoms with Gasteiger partial charge in [-0.15, -0.1) is 11.3 Å². The van der Waals surface area contributed by atoms with E-state index >= 15 is 0 Å². The zero-order valence-electron chi connectivity index (χ0n) is 16.6. The Morgan fingerprint density at radius 1 is 1.00 bits per heavy atom. The first-order valence-corrected chi connectivity index (χ1v) is 11.4. The summed E-state index contributed by atoms with van der Waals surface area (Å²) in [5, 5.41) is 4.60. The lowest BCUT2D eigenvalue weighted by Crippen LogP contribution is -2.34. The van der Waals surface area contributed by atoms with Gasteiger partial charge in [-0.2, -0.15) is 4.98 Å². The number of aromatic nitrogens is 4. The van der Waals surface area contributed by atoms with Crippen molar-refractivity contribution in [3.63, 3.8) is 0 Å². The lowest BCUT2D eigenvalue weighted by atomic mass is 9.98. The van der Waals surface area contributed by atoms with Crippen molar-refractivity contribution >= 4 is 45.9 Å². The number of hydrogen-bond donors (Lipinski definition) is 1. The van der Waals surface area contributed by atoms with E-state index < -0.39 is 0 Å². The van der Waals surface area contributed by atoms with Gasteiger partial charge < -0.3 is 0 Å². The normalized spacial score (nSPS) is 16.0. The molecule has 1 fully saturated rings. The van der Waals surface area contributed by atoms with Crippen molar-refractivity contribution in [3.8, 4) is 0 Å². The van der Waals surface area contributed by atoms with Gasteiger partial charge in [0.25, 0.3) is 0 Å². The monoisotopic (exact) mass is 433 g/mol. The van der Waals surface area contributed by atoms with Crippen molar-refractivity contribution in [1.29, 1.82) is 0 Å². The molecule has 1 aliphatic heterocycles. The van der Waals surface area contributed by atoms with E-state index in [4.69, 9.17) is 17.2 Å². The Balaban J connectivity index is 1.21. The first kappa shape index (κ1) is 19.4. The minimum atomic E-state index is 0.553. The number of piperidine rings is 1. The van der Waals surface area contributed by atoms with Gasteiger partial charge in [0.2, 0.25) is 4.77 Å². The third-order valence-corrected chi connectivity index (χ3v) is 7.03. The summed E-state index contributed by atoms with van der Waals surface area (Å²) < 4.78 is 3.84. The first-order valence-electron chi connectivity index (χ1n) is 10.2. The highest BCUT2D eigenvalue weighted by Crippen LogP contribution is 2.33. The molecule has 30 heavy (non-hydrogen) atoms. The maximum absolute atomic E-state index is 5.46. The fourth-order valence-electron chi connectivity index (χ4n) is 3.87. The number of rotatable bonds is 5. The number of fused-ring (bicyclic) bond motifs is 1. The molecule has 0 aliphatic carbocycles. The van der Waals surface area contributed by atoms with Crippen LogP contribution >= 0.6 is 23.6 Å². The number of H-pyrrole nitrogens is 1. The topological polar surface area (TPSA) is 49.7 Å². The zero-order chi connectivity index (χ0) is 20.3. The quantitative estimate of drug-likeness (QED) is 0.419. The van der Waals surface area contributed by atoms with E-state index in [1.165, 1.54) is 9.71 Å². The van der Waals surface area contributed by atoms with Crippen molar-refractivity contribution in [2.75, 3.05) is 13.1 Å². The number of likely N-dealkylation sites (tertiary alicyclic amines) is 1. The van der Waals surface area contributed by atoms with Gasteiger partial charge in [0, 0.05) is 19.0 Å². The Morgan fingerprint density at radius 3 is 2.57 bits per heavy atom. The van der Waals surface area contributed by atoms with Crippen molar-refractivity contribution in [2.45, 2.75) is 25.4 Å². The fourth-order valence-corrected chi connectivity index (χ4v) is 5.21. The second-order valence-electron chi connectivity index (χ2n) is 7.62. The molecule has 0 unspecified atom stereocenters. The molecular formula is C23H23N5S2. The number of nitrogens with zero attached hydrogens (tertiary/aromatic N) is 4. The molecule has 0 bridgehead atoms. The number of thiazole rings is 1. The minimum absolute atomic E-state index is 0.553. The van der Waals surface area contributed by atoms with E-state index in [-0.39, 0.29) is 0 Å². The highest BCUT2D eigenvalue weighted by Gasteiger charge is 2.23. The van der Waals surface area contributed by atoms with Gasteiger partial charge in [-0.05, 0) is 48.8 Å². The fraction of sp³-hybridized carbons (Fsp3) is 0.261. The number of para-hydroxylation sites is 1. The summed E-state index contributed by atoms with van der Waals surface area (Å²) in [5.74, 6) is 1.34. The van der Waals surface area contributed by atoms with Gasteiger partial charge in [-0.25, -0.2) is 9.67 Å². The molecule has 0 atom stereocenters. The van der Waals surface area contributed by atoms with E-state index in [2.05, 4.69) is 51.4 Å². The molecule has 152 valence electrons. The summed E-state index contributed by atoms with van der Waals surface area (Å²) in [4.78, 5) is 11.8. The van der Waals surface area contributed by atoms with Crippen LogP contribution in [0.3, 0.4) is 0 Å². The molecule has 1 N–H and O–H groups in total. The van der Waals surface area contributed by atoms with Crippen LogP contribution in [-0.2, 0) is 6.67 Å². The van der Waals surface area contributed by atoms with Crippen molar-refractivity contribution in [1.82, 2.24) is 24.6 Å². The van der Waals surface area contributed by atoms with Gasteiger partial charge in [0.05, 0.1) is 21.9 Å². The van der Waals surface area contributed by atoms with Crippen LogP contribution in [0.4, 0.5) is 0 Å². The van der Waals surface area contributed by atoms with Gasteiger partial charge in [0.1, 0.15) is 5.82 Å². The maximum Gasteiger partial charge on any atom is 0.217 e. The second-order valence-corrected chi connectivity index (χ2v) is 9.04. The Kier molecular flexibility index (Phi) is 5.57. The summed E-state index contributed by atoms with van der Waals surface area (Å²) in [6.45, 7) is 2.82. The third kappa shape index (κ3) is 4.28. The summed E-state index contributed by atoms with van der Waals surface area (Å²) in [6, 6.07) is 18.6. The molecule has 0 amide bonds. The highest BCUT2D eigenvalue weighted by atomic mass is 32.1. The largest absolute Gasteiger partial charge is 0.284 e. The Bertz CT molecular complexity index is 1180. The van der Waals surface area contributed by atoms with Gasteiger partial charge in [0.15, 0.2) is 0 Å². The smallest absolute Gasteiger partial charge is 0.217 e. The lowest BCUT2D eigenvalue weighted by molar-refractivity contribution is 0.160. The third-order valence-electron chi connectivity index (χ3n) is 5.52. The molecule has 2 aromatic carbocycles. The molecule has 0 spiro atoms. The summed E-state index contributed by atoms with van der Waals surface area (Å²) in [6.07, 6.45) is 6.27. The van der Waals surface area contributed by atoms with Crippen LogP contribution in [-0.4, -0.2) is 37.7 Å². The van der Waals surface area contributed by atoms with Crippen LogP contribution in [0.25, 0.3) is 22.4 Å². The standard InChI is InChI=1S/C23H23N5S2/c29-23-25-21(11-10-17-6-2-1-3-7-17)26-28(23)16-27-14-12-18(13-15-27)22-24-19-8-4-5-9-20(19)30-22/h1-11,18H,12-16H2,(H,25,26,29). The van der Waals surface area contributed by atoms with Crippen LogP contribution in [0.5, 0.6) is 0 Å². The molecule has 0 saturated carbocycles.